The Bertz CT molecular complexity index is 268. The molecule has 0 bridgehead atoms. The van der Waals surface area contributed by atoms with E-state index in [1.54, 1.807) is 12.1 Å². The first-order valence-corrected chi connectivity index (χ1v) is 3.14. The van der Waals surface area contributed by atoms with Crippen LogP contribution in [0.2, 0.25) is 0 Å². The first kappa shape index (κ1) is 7.60. The molecule has 0 fully saturated rings. The molecule has 0 aromatic heterocycles. The zero-order valence-electron chi connectivity index (χ0n) is 6.03. The van der Waals surface area contributed by atoms with Crippen LogP contribution in [0, 0.1) is 0 Å². The molecule has 0 N–H and O–H groups in total. The molecule has 0 saturated heterocycles. The van der Waals surface area contributed by atoms with E-state index in [1.165, 1.54) is 19.1 Å². The summed E-state index contributed by atoms with van der Waals surface area (Å²) in [7, 11) is 0. The maximum absolute atomic E-state index is 10.9. The van der Waals surface area contributed by atoms with Crippen molar-refractivity contribution in [2.45, 2.75) is 6.92 Å². The molecule has 0 spiro atoms. The van der Waals surface area contributed by atoms with Crippen LogP contribution >= 0.6 is 0 Å². The lowest BCUT2D eigenvalue weighted by Crippen LogP contribution is -2.00. The van der Waals surface area contributed by atoms with Crippen molar-refractivity contribution < 1.29 is 14.6 Å². The van der Waals surface area contributed by atoms with Gasteiger partial charge in [-0.3, -0.25) is 9.90 Å². The van der Waals surface area contributed by atoms with Crippen LogP contribution in [0.1, 0.15) is 6.92 Å². The molecule has 0 saturated carbocycles. The molecular weight excluding hydrogens is 144 g/mol. The van der Waals surface area contributed by atoms with Crippen molar-refractivity contribution in [3.63, 3.8) is 0 Å². The van der Waals surface area contributed by atoms with Crippen LogP contribution in [0.4, 0.5) is 0 Å². The van der Waals surface area contributed by atoms with Crippen molar-refractivity contribution in [3.05, 3.63) is 24.3 Å². The molecule has 0 heterocycles. The van der Waals surface area contributed by atoms with E-state index in [1.807, 2.05) is 0 Å². The number of benzene rings is 1. The van der Waals surface area contributed by atoms with Gasteiger partial charge in [-0.05, 0) is 12.1 Å². The van der Waals surface area contributed by atoms with Gasteiger partial charge in [-0.1, -0.05) is 12.1 Å². The summed E-state index contributed by atoms with van der Waals surface area (Å²) in [5.41, 5.74) is 0. The normalized spacial score (nSPS) is 9.18. The van der Waals surface area contributed by atoms with E-state index >= 15 is 0 Å². The number of carbonyl (C=O) groups excluding carboxylic acids is 1. The average Bonchev–Trinajstić information content (AvgIpc) is 1.93. The van der Waals surface area contributed by atoms with E-state index in [2.05, 4.69) is 4.74 Å². The van der Waals surface area contributed by atoms with E-state index in [0.717, 1.165) is 0 Å². The van der Waals surface area contributed by atoms with Crippen molar-refractivity contribution in [1.29, 1.82) is 0 Å². The minimum Gasteiger partial charge on any atom is -0.423 e. The second-order valence-electron chi connectivity index (χ2n) is 2.04. The van der Waals surface area contributed by atoms with Gasteiger partial charge in [-0.2, -0.15) is 0 Å². The quantitative estimate of drug-likeness (QED) is 0.453. The maximum atomic E-state index is 10.9. The topological polar surface area (TPSA) is 46.2 Å². The Morgan fingerprint density at radius 2 is 2.00 bits per heavy atom. The van der Waals surface area contributed by atoms with Crippen LogP contribution in [0.3, 0.4) is 0 Å². The van der Waals surface area contributed by atoms with Crippen molar-refractivity contribution in [3.8, 4) is 11.5 Å². The summed E-state index contributed by atoms with van der Waals surface area (Å²) in [5, 5.41) is 10.9. The first-order valence-electron chi connectivity index (χ1n) is 3.14. The molecule has 0 aliphatic heterocycles. The fourth-order valence-electron chi connectivity index (χ4n) is 0.689. The van der Waals surface area contributed by atoms with E-state index in [-0.39, 0.29) is 11.5 Å². The van der Waals surface area contributed by atoms with Crippen LogP contribution in [-0.2, 0) is 9.90 Å². The molecule has 0 aliphatic rings. The van der Waals surface area contributed by atoms with Crippen LogP contribution in [0.25, 0.3) is 0 Å². The molecule has 0 atom stereocenters. The number of hydrogen-bond acceptors (Lipinski definition) is 2. The molecule has 1 radical (unpaired) electrons. The summed E-state index contributed by atoms with van der Waals surface area (Å²) < 4.78 is 4.59. The number of ether oxygens (including phenoxy) is 1. The SMILES string of the molecule is CC(=O)Oc1ccccc1[O]. The lowest BCUT2D eigenvalue weighted by molar-refractivity contribution is -0.132. The third kappa shape index (κ3) is 1.97. The number of rotatable bonds is 1. The molecule has 0 unspecified atom stereocenters. The van der Waals surface area contributed by atoms with E-state index < -0.39 is 5.97 Å². The van der Waals surface area contributed by atoms with Gasteiger partial charge in [0.2, 0.25) is 5.75 Å². The van der Waals surface area contributed by atoms with Crippen LogP contribution in [0.15, 0.2) is 24.3 Å². The molecular formula is C8H7O3. The van der Waals surface area contributed by atoms with Gasteiger partial charge in [0.05, 0.1) is 0 Å². The monoisotopic (exact) mass is 151 g/mol. The number of hydrogen-bond donors (Lipinski definition) is 0. The zero-order valence-corrected chi connectivity index (χ0v) is 6.03. The smallest absolute Gasteiger partial charge is 0.308 e. The summed E-state index contributed by atoms with van der Waals surface area (Å²) in [6.07, 6.45) is 0. The Labute approximate surface area is 64.2 Å². The van der Waals surface area contributed by atoms with Gasteiger partial charge in [-0.15, -0.1) is 0 Å². The van der Waals surface area contributed by atoms with E-state index in [0.29, 0.717) is 0 Å². The Morgan fingerprint density at radius 3 is 2.55 bits per heavy atom. The molecule has 0 amide bonds. The molecule has 0 aliphatic carbocycles. The molecule has 11 heavy (non-hydrogen) atoms. The molecule has 3 heteroatoms. The van der Waals surface area contributed by atoms with Crippen molar-refractivity contribution in [2.24, 2.45) is 0 Å². The Hall–Kier alpha value is -1.51. The lowest BCUT2D eigenvalue weighted by atomic mass is 10.3. The number of esters is 1. The van der Waals surface area contributed by atoms with Crippen LogP contribution in [-0.4, -0.2) is 5.97 Å². The highest BCUT2D eigenvalue weighted by Gasteiger charge is 2.03. The summed E-state index contributed by atoms with van der Waals surface area (Å²) in [4.78, 5) is 10.4. The van der Waals surface area contributed by atoms with Gasteiger partial charge in [0.25, 0.3) is 0 Å². The lowest BCUT2D eigenvalue weighted by Gasteiger charge is -1.99. The van der Waals surface area contributed by atoms with Crippen LogP contribution in [0.5, 0.6) is 11.5 Å². The Kier molecular flexibility index (Phi) is 2.11. The number of carbonyl (C=O) groups is 1. The summed E-state index contributed by atoms with van der Waals surface area (Å²) >= 11 is 0. The highest BCUT2D eigenvalue weighted by Crippen LogP contribution is 2.24. The van der Waals surface area contributed by atoms with Gasteiger partial charge in [0.1, 0.15) is 0 Å². The minimum atomic E-state index is -0.478. The molecule has 57 valence electrons. The first-order chi connectivity index (χ1) is 5.20. The standard InChI is InChI=1S/C8H7O3/c1-6(9)11-8-5-3-2-4-7(8)10/h2-5H,1H3. The summed E-state index contributed by atoms with van der Waals surface area (Å²) in [6.45, 7) is 1.26. The molecule has 3 nitrogen and oxygen atoms in total. The molecule has 1 aromatic carbocycles. The summed E-state index contributed by atoms with van der Waals surface area (Å²) in [5.74, 6) is -0.670. The Morgan fingerprint density at radius 1 is 1.36 bits per heavy atom. The van der Waals surface area contributed by atoms with Gasteiger partial charge >= 0.3 is 5.97 Å². The predicted molar refractivity (Wildman–Crippen MR) is 37.9 cm³/mol. The Balaban J connectivity index is 2.86. The third-order valence-corrected chi connectivity index (χ3v) is 1.10. The van der Waals surface area contributed by atoms with Gasteiger partial charge < -0.3 is 4.74 Å². The van der Waals surface area contributed by atoms with Crippen LogP contribution < -0.4 is 4.74 Å². The average molecular weight is 151 g/mol. The van der Waals surface area contributed by atoms with Gasteiger partial charge in [0.15, 0.2) is 5.75 Å². The van der Waals surface area contributed by atoms with Crippen molar-refractivity contribution in [2.75, 3.05) is 0 Å². The fraction of sp³-hybridized carbons (Fsp3) is 0.125. The highest BCUT2D eigenvalue weighted by molar-refractivity contribution is 5.70. The largest absolute Gasteiger partial charge is 0.423 e. The predicted octanol–water partition coefficient (Wildman–Crippen LogP) is 1.76. The van der Waals surface area contributed by atoms with E-state index in [9.17, 15) is 9.90 Å². The van der Waals surface area contributed by atoms with Gasteiger partial charge in [-0.25, -0.2) is 0 Å². The zero-order chi connectivity index (χ0) is 8.27. The summed E-state index contributed by atoms with van der Waals surface area (Å²) in [6, 6.07) is 6.04. The fourth-order valence-corrected chi connectivity index (χ4v) is 0.689. The van der Waals surface area contributed by atoms with Crippen molar-refractivity contribution in [1.82, 2.24) is 0 Å². The van der Waals surface area contributed by atoms with Gasteiger partial charge in [0, 0.05) is 6.92 Å². The van der Waals surface area contributed by atoms with Crippen molar-refractivity contribution >= 4 is 5.97 Å². The molecule has 1 rings (SSSR count). The highest BCUT2D eigenvalue weighted by atomic mass is 16.5. The maximum Gasteiger partial charge on any atom is 0.308 e. The third-order valence-electron chi connectivity index (χ3n) is 1.10. The molecule has 1 aromatic rings. The van der Waals surface area contributed by atoms with E-state index in [4.69, 9.17) is 0 Å². The second kappa shape index (κ2) is 3.05. The minimum absolute atomic E-state index is 0.0833. The second-order valence-corrected chi connectivity index (χ2v) is 2.04. The number of para-hydroxylation sites is 2.